The van der Waals surface area contributed by atoms with Crippen LogP contribution in [0.5, 0.6) is 0 Å². The average Bonchev–Trinajstić information content (AvgIpc) is 2.81. The molecule has 13 heavy (non-hydrogen) atoms. The van der Waals surface area contributed by atoms with E-state index < -0.39 is 0 Å². The molecule has 1 aliphatic rings. The van der Waals surface area contributed by atoms with Crippen molar-refractivity contribution in [3.63, 3.8) is 0 Å². The minimum Gasteiger partial charge on any atom is -0.372 e. The van der Waals surface area contributed by atoms with Gasteiger partial charge in [-0.2, -0.15) is 0 Å². The third-order valence-corrected chi connectivity index (χ3v) is 2.50. The highest BCUT2D eigenvalue weighted by Crippen LogP contribution is 2.12. The van der Waals surface area contributed by atoms with E-state index in [4.69, 9.17) is 4.74 Å². The summed E-state index contributed by atoms with van der Waals surface area (Å²) in [5.74, 6) is 0. The summed E-state index contributed by atoms with van der Waals surface area (Å²) in [7, 11) is 4.25. The molecule has 0 saturated carbocycles. The third-order valence-electron chi connectivity index (χ3n) is 2.50. The van der Waals surface area contributed by atoms with Crippen molar-refractivity contribution >= 4 is 0 Å². The van der Waals surface area contributed by atoms with Gasteiger partial charge in [-0.25, -0.2) is 0 Å². The van der Waals surface area contributed by atoms with Crippen LogP contribution in [0.2, 0.25) is 0 Å². The topological polar surface area (TPSA) is 19.0 Å². The van der Waals surface area contributed by atoms with E-state index in [1.807, 2.05) is 0 Å². The van der Waals surface area contributed by atoms with E-state index in [-0.39, 0.29) is 0 Å². The Kier molecular flexibility index (Phi) is 4.16. The van der Waals surface area contributed by atoms with Gasteiger partial charge in [0.25, 0.3) is 0 Å². The number of hydrogen-bond donors (Lipinski definition) is 0. The van der Waals surface area contributed by atoms with E-state index in [2.05, 4.69) is 37.7 Å². The highest BCUT2D eigenvalue weighted by atomic mass is 16.6. The molecule has 3 nitrogen and oxygen atoms in total. The molecule has 1 saturated heterocycles. The highest BCUT2D eigenvalue weighted by Gasteiger charge is 2.26. The van der Waals surface area contributed by atoms with Crippen LogP contribution in [0.15, 0.2) is 0 Å². The monoisotopic (exact) mass is 186 g/mol. The fourth-order valence-corrected chi connectivity index (χ4v) is 1.70. The first-order chi connectivity index (χ1) is 6.13. The first kappa shape index (κ1) is 11.0. The van der Waals surface area contributed by atoms with Crippen LogP contribution in [-0.2, 0) is 4.74 Å². The second-order valence-corrected chi connectivity index (χ2v) is 4.15. The van der Waals surface area contributed by atoms with E-state index in [0.717, 1.165) is 26.2 Å². The lowest BCUT2D eigenvalue weighted by atomic mass is 10.2. The SMILES string of the molecule is CCN(CC1CO1)C(C)CN(C)C. The summed E-state index contributed by atoms with van der Waals surface area (Å²) < 4.78 is 5.24. The second-order valence-electron chi connectivity index (χ2n) is 4.15. The van der Waals surface area contributed by atoms with Gasteiger partial charge in [-0.3, -0.25) is 4.90 Å². The zero-order valence-electron chi connectivity index (χ0n) is 9.29. The van der Waals surface area contributed by atoms with Gasteiger partial charge in [0.1, 0.15) is 0 Å². The predicted molar refractivity (Wildman–Crippen MR) is 55.0 cm³/mol. The molecule has 1 aliphatic heterocycles. The Morgan fingerprint density at radius 1 is 1.46 bits per heavy atom. The maximum Gasteiger partial charge on any atom is 0.0936 e. The Hall–Kier alpha value is -0.120. The van der Waals surface area contributed by atoms with E-state index in [1.54, 1.807) is 0 Å². The van der Waals surface area contributed by atoms with Crippen LogP contribution >= 0.6 is 0 Å². The van der Waals surface area contributed by atoms with Crippen molar-refractivity contribution in [2.24, 2.45) is 0 Å². The molecule has 1 fully saturated rings. The summed E-state index contributed by atoms with van der Waals surface area (Å²) in [5.41, 5.74) is 0. The lowest BCUT2D eigenvalue weighted by Crippen LogP contribution is -2.41. The summed E-state index contributed by atoms with van der Waals surface area (Å²) in [6, 6.07) is 0.629. The summed E-state index contributed by atoms with van der Waals surface area (Å²) >= 11 is 0. The molecule has 0 aromatic rings. The average molecular weight is 186 g/mol. The number of ether oxygens (including phenoxy) is 1. The number of epoxide rings is 1. The van der Waals surface area contributed by atoms with Crippen molar-refractivity contribution in [2.75, 3.05) is 40.3 Å². The normalized spacial score (nSPS) is 24.0. The van der Waals surface area contributed by atoms with Crippen LogP contribution in [0.1, 0.15) is 13.8 Å². The molecule has 2 unspecified atom stereocenters. The van der Waals surface area contributed by atoms with Gasteiger partial charge in [-0.1, -0.05) is 6.92 Å². The molecular weight excluding hydrogens is 164 g/mol. The standard InChI is InChI=1S/C10H22N2O/c1-5-12(7-10-8-13-10)9(2)6-11(3)4/h9-10H,5-8H2,1-4H3. The fourth-order valence-electron chi connectivity index (χ4n) is 1.70. The summed E-state index contributed by atoms with van der Waals surface area (Å²) in [4.78, 5) is 4.72. The molecule has 0 aromatic carbocycles. The number of rotatable bonds is 6. The van der Waals surface area contributed by atoms with Crippen LogP contribution in [0.25, 0.3) is 0 Å². The van der Waals surface area contributed by atoms with Gasteiger partial charge in [-0.05, 0) is 27.6 Å². The van der Waals surface area contributed by atoms with Gasteiger partial charge in [0.2, 0.25) is 0 Å². The Morgan fingerprint density at radius 3 is 2.46 bits per heavy atom. The fraction of sp³-hybridized carbons (Fsp3) is 1.00. The van der Waals surface area contributed by atoms with Crippen molar-refractivity contribution in [3.05, 3.63) is 0 Å². The Bertz CT molecular complexity index is 146. The molecule has 78 valence electrons. The molecule has 1 rings (SSSR count). The molecular formula is C10H22N2O. The zero-order valence-corrected chi connectivity index (χ0v) is 9.29. The van der Waals surface area contributed by atoms with Crippen molar-refractivity contribution in [1.29, 1.82) is 0 Å². The van der Waals surface area contributed by atoms with Crippen LogP contribution in [-0.4, -0.2) is 62.3 Å². The molecule has 0 aromatic heterocycles. The first-order valence-electron chi connectivity index (χ1n) is 5.13. The van der Waals surface area contributed by atoms with Crippen molar-refractivity contribution in [1.82, 2.24) is 9.80 Å². The third kappa shape index (κ3) is 4.07. The molecule has 3 heteroatoms. The summed E-state index contributed by atoms with van der Waals surface area (Å²) in [6.45, 7) is 8.81. The molecule has 0 amide bonds. The van der Waals surface area contributed by atoms with Crippen molar-refractivity contribution in [2.45, 2.75) is 26.0 Å². The van der Waals surface area contributed by atoms with E-state index in [9.17, 15) is 0 Å². The van der Waals surface area contributed by atoms with Crippen molar-refractivity contribution in [3.8, 4) is 0 Å². The molecule has 0 aliphatic carbocycles. The number of likely N-dealkylation sites (N-methyl/N-ethyl adjacent to an activating group) is 2. The van der Waals surface area contributed by atoms with Crippen LogP contribution < -0.4 is 0 Å². The smallest absolute Gasteiger partial charge is 0.0936 e. The van der Waals surface area contributed by atoms with Gasteiger partial charge >= 0.3 is 0 Å². The largest absolute Gasteiger partial charge is 0.372 e. The van der Waals surface area contributed by atoms with Gasteiger partial charge in [-0.15, -0.1) is 0 Å². The second kappa shape index (κ2) is 4.94. The lowest BCUT2D eigenvalue weighted by Gasteiger charge is -2.29. The lowest BCUT2D eigenvalue weighted by molar-refractivity contribution is 0.167. The van der Waals surface area contributed by atoms with Gasteiger partial charge in [0.05, 0.1) is 12.7 Å². The van der Waals surface area contributed by atoms with Gasteiger partial charge in [0.15, 0.2) is 0 Å². The predicted octanol–water partition coefficient (Wildman–Crippen LogP) is 0.657. The summed E-state index contributed by atoms with van der Waals surface area (Å²) in [6.07, 6.45) is 0.518. The van der Waals surface area contributed by atoms with E-state index in [1.165, 1.54) is 0 Å². The van der Waals surface area contributed by atoms with Crippen LogP contribution in [0.4, 0.5) is 0 Å². The van der Waals surface area contributed by atoms with E-state index >= 15 is 0 Å². The van der Waals surface area contributed by atoms with E-state index in [0.29, 0.717) is 12.1 Å². The quantitative estimate of drug-likeness (QED) is 0.568. The summed E-state index contributed by atoms with van der Waals surface area (Å²) in [5, 5.41) is 0. The van der Waals surface area contributed by atoms with Crippen LogP contribution in [0, 0.1) is 0 Å². The maximum atomic E-state index is 5.24. The molecule has 0 bridgehead atoms. The number of nitrogens with zero attached hydrogens (tertiary/aromatic N) is 2. The van der Waals surface area contributed by atoms with Gasteiger partial charge < -0.3 is 9.64 Å². The van der Waals surface area contributed by atoms with Crippen molar-refractivity contribution < 1.29 is 4.74 Å². The zero-order chi connectivity index (χ0) is 9.84. The number of hydrogen-bond acceptors (Lipinski definition) is 3. The van der Waals surface area contributed by atoms with Gasteiger partial charge in [0, 0.05) is 19.1 Å². The van der Waals surface area contributed by atoms with Crippen LogP contribution in [0.3, 0.4) is 0 Å². The molecule has 2 atom stereocenters. The molecule has 0 radical (unpaired) electrons. The Balaban J connectivity index is 2.25. The molecule has 0 spiro atoms. The first-order valence-corrected chi connectivity index (χ1v) is 5.13. The molecule has 1 heterocycles. The maximum absolute atomic E-state index is 5.24. The Morgan fingerprint density at radius 2 is 2.08 bits per heavy atom. The Labute approximate surface area is 81.7 Å². The minimum absolute atomic E-state index is 0.518. The molecule has 0 N–H and O–H groups in total. The highest BCUT2D eigenvalue weighted by molar-refractivity contribution is 4.77. The minimum atomic E-state index is 0.518.